The minimum Gasteiger partial charge on any atom is -0.496 e. The van der Waals surface area contributed by atoms with Gasteiger partial charge in [-0.2, -0.15) is 0 Å². The number of ether oxygens (including phenoxy) is 5. The fourth-order valence-electron chi connectivity index (χ4n) is 5.08. The van der Waals surface area contributed by atoms with Gasteiger partial charge in [0, 0.05) is 21.6 Å². The maximum atomic E-state index is 6.38. The maximum Gasteiger partial charge on any atom is 0.175 e. The molecule has 40 heavy (non-hydrogen) atoms. The number of thiophene rings is 1. The van der Waals surface area contributed by atoms with Crippen LogP contribution >= 0.6 is 23.1 Å². The Balaban J connectivity index is 1.69. The lowest BCUT2D eigenvalue weighted by atomic mass is 9.96. The van der Waals surface area contributed by atoms with Crippen LogP contribution in [0.15, 0.2) is 64.8 Å². The van der Waals surface area contributed by atoms with Gasteiger partial charge >= 0.3 is 0 Å². The molecule has 2 aliphatic rings. The van der Waals surface area contributed by atoms with Gasteiger partial charge in [0.2, 0.25) is 0 Å². The molecule has 0 radical (unpaired) electrons. The van der Waals surface area contributed by atoms with E-state index in [4.69, 9.17) is 23.7 Å². The highest BCUT2D eigenvalue weighted by atomic mass is 32.2. The number of thioether (sulfide) groups is 1. The summed E-state index contributed by atoms with van der Waals surface area (Å²) < 4.78 is 31.8. The molecule has 0 unspecified atom stereocenters. The van der Waals surface area contributed by atoms with Crippen molar-refractivity contribution in [2.24, 2.45) is 5.92 Å². The molecule has 5 rings (SSSR count). The molecule has 212 valence electrons. The highest BCUT2D eigenvalue weighted by Gasteiger charge is 2.30. The second kappa shape index (κ2) is 12.6. The summed E-state index contributed by atoms with van der Waals surface area (Å²) in [5, 5.41) is 0. The van der Waals surface area contributed by atoms with Crippen LogP contribution < -0.4 is 14.2 Å². The van der Waals surface area contributed by atoms with Crippen LogP contribution in [-0.4, -0.2) is 33.0 Å². The third kappa shape index (κ3) is 6.01. The number of hydrogen-bond donors (Lipinski definition) is 0. The standard InChI is InChI=1S/C33H38O5S2/c1-20(2)19-23-11-9-15-27(34-6)28(23)32(29-22(5)35-17-18-37-29)40-33-30-25(13-10-16-36-30)31(39-33)24-12-7-8-14-26(24)38-21(3)4/h7-9,11-12,14-15,20-21H,5,10,13,16-19H2,1-4,6H3/b32-29+. The van der Waals surface area contributed by atoms with E-state index in [-0.39, 0.29) is 6.10 Å². The van der Waals surface area contributed by atoms with Crippen molar-refractivity contribution in [1.82, 2.24) is 0 Å². The van der Waals surface area contributed by atoms with Crippen molar-refractivity contribution in [3.63, 3.8) is 0 Å². The molecule has 0 bridgehead atoms. The van der Waals surface area contributed by atoms with Crippen LogP contribution in [0.4, 0.5) is 0 Å². The van der Waals surface area contributed by atoms with Gasteiger partial charge < -0.3 is 23.7 Å². The summed E-state index contributed by atoms with van der Waals surface area (Å²) in [6, 6.07) is 14.5. The van der Waals surface area contributed by atoms with E-state index in [1.54, 1.807) is 30.2 Å². The SMILES string of the molecule is C=C1OCCO/C1=C(/Sc1sc(-c2ccccc2OC(C)C)c2c1OCCC2)c1c(CC(C)C)cccc1OC. The predicted octanol–water partition coefficient (Wildman–Crippen LogP) is 8.76. The van der Waals surface area contributed by atoms with Gasteiger partial charge in [-0.25, -0.2) is 0 Å². The molecule has 3 heterocycles. The highest BCUT2D eigenvalue weighted by Crippen LogP contribution is 2.55. The topological polar surface area (TPSA) is 46.2 Å². The minimum absolute atomic E-state index is 0.0813. The van der Waals surface area contributed by atoms with Crippen molar-refractivity contribution >= 4 is 28.0 Å². The van der Waals surface area contributed by atoms with Gasteiger partial charge in [0.05, 0.1) is 24.7 Å². The number of hydrogen-bond acceptors (Lipinski definition) is 7. The molecule has 2 aromatic carbocycles. The predicted molar refractivity (Wildman–Crippen MR) is 165 cm³/mol. The van der Waals surface area contributed by atoms with Crippen LogP contribution in [0.3, 0.4) is 0 Å². The first kappa shape index (κ1) is 28.5. The van der Waals surface area contributed by atoms with Crippen LogP contribution in [0.5, 0.6) is 17.2 Å². The van der Waals surface area contributed by atoms with Gasteiger partial charge in [0.25, 0.3) is 0 Å². The van der Waals surface area contributed by atoms with E-state index in [9.17, 15) is 0 Å². The number of rotatable bonds is 9. The van der Waals surface area contributed by atoms with E-state index in [1.165, 1.54) is 16.0 Å². The van der Waals surface area contributed by atoms with Crippen molar-refractivity contribution in [3.8, 4) is 27.7 Å². The third-order valence-electron chi connectivity index (χ3n) is 6.69. The lowest BCUT2D eigenvalue weighted by Gasteiger charge is -2.25. The Morgan fingerprint density at radius 3 is 2.50 bits per heavy atom. The second-order valence-electron chi connectivity index (χ2n) is 10.6. The molecule has 1 aromatic heterocycles. The minimum atomic E-state index is 0.0813. The highest BCUT2D eigenvalue weighted by molar-refractivity contribution is 8.10. The Labute approximate surface area is 246 Å². The average molecular weight is 579 g/mol. The molecule has 1 fully saturated rings. The van der Waals surface area contributed by atoms with Crippen molar-refractivity contribution < 1.29 is 23.7 Å². The molecular formula is C33H38O5S2. The van der Waals surface area contributed by atoms with Crippen molar-refractivity contribution in [2.75, 3.05) is 26.9 Å². The zero-order valence-electron chi connectivity index (χ0n) is 24.0. The van der Waals surface area contributed by atoms with Gasteiger partial charge in [-0.3, -0.25) is 0 Å². The molecule has 0 N–H and O–H groups in total. The van der Waals surface area contributed by atoms with E-state index >= 15 is 0 Å². The largest absolute Gasteiger partial charge is 0.496 e. The summed E-state index contributed by atoms with van der Waals surface area (Å²) in [4.78, 5) is 2.13. The normalized spacial score (nSPS) is 16.2. The molecule has 0 saturated carbocycles. The number of benzene rings is 2. The smallest absolute Gasteiger partial charge is 0.175 e. The molecule has 1 saturated heterocycles. The summed E-state index contributed by atoms with van der Waals surface area (Å²) in [6.07, 6.45) is 2.93. The molecule has 2 aliphatic heterocycles. The first-order valence-electron chi connectivity index (χ1n) is 13.9. The van der Waals surface area contributed by atoms with Crippen molar-refractivity contribution in [1.29, 1.82) is 0 Å². The van der Waals surface area contributed by atoms with Gasteiger partial charge in [0.15, 0.2) is 11.5 Å². The van der Waals surface area contributed by atoms with E-state index in [0.717, 1.165) is 56.8 Å². The lowest BCUT2D eigenvalue weighted by Crippen LogP contribution is -2.15. The Morgan fingerprint density at radius 2 is 1.75 bits per heavy atom. The maximum absolute atomic E-state index is 6.38. The first-order valence-corrected chi connectivity index (χ1v) is 15.6. The van der Waals surface area contributed by atoms with Crippen LogP contribution in [0, 0.1) is 5.92 Å². The van der Waals surface area contributed by atoms with Gasteiger partial charge in [-0.1, -0.05) is 56.5 Å². The van der Waals surface area contributed by atoms with Crippen molar-refractivity contribution in [3.05, 3.63) is 77.3 Å². The average Bonchev–Trinajstić information content (AvgIpc) is 3.30. The van der Waals surface area contributed by atoms with E-state index in [0.29, 0.717) is 37.3 Å². The van der Waals surface area contributed by atoms with Crippen LogP contribution in [0.25, 0.3) is 15.3 Å². The Kier molecular flexibility index (Phi) is 9.01. The zero-order chi connectivity index (χ0) is 28.2. The van der Waals surface area contributed by atoms with E-state index < -0.39 is 0 Å². The molecular weight excluding hydrogens is 540 g/mol. The lowest BCUT2D eigenvalue weighted by molar-refractivity contribution is 0.0621. The molecule has 3 aromatic rings. The molecule has 0 aliphatic carbocycles. The van der Waals surface area contributed by atoms with E-state index in [2.05, 4.69) is 64.6 Å². The molecule has 0 atom stereocenters. The Hall–Kier alpha value is -3.03. The number of para-hydroxylation sites is 1. The van der Waals surface area contributed by atoms with Crippen LogP contribution in [0.2, 0.25) is 0 Å². The zero-order valence-corrected chi connectivity index (χ0v) is 25.6. The monoisotopic (exact) mass is 578 g/mol. The first-order chi connectivity index (χ1) is 19.4. The quantitative estimate of drug-likeness (QED) is 0.237. The molecule has 7 heteroatoms. The summed E-state index contributed by atoms with van der Waals surface area (Å²) in [5.41, 5.74) is 4.57. The van der Waals surface area contributed by atoms with E-state index in [1.807, 2.05) is 12.1 Å². The van der Waals surface area contributed by atoms with Crippen LogP contribution in [0.1, 0.15) is 50.8 Å². The Morgan fingerprint density at radius 1 is 0.975 bits per heavy atom. The summed E-state index contributed by atoms with van der Waals surface area (Å²) in [7, 11) is 1.72. The summed E-state index contributed by atoms with van der Waals surface area (Å²) >= 11 is 3.41. The number of fused-ring (bicyclic) bond motifs is 1. The van der Waals surface area contributed by atoms with Gasteiger partial charge in [0.1, 0.15) is 34.7 Å². The summed E-state index contributed by atoms with van der Waals surface area (Å²) in [5.74, 6) is 4.32. The second-order valence-corrected chi connectivity index (χ2v) is 12.9. The van der Waals surface area contributed by atoms with Gasteiger partial charge in [-0.05, 0) is 62.8 Å². The molecule has 5 nitrogen and oxygen atoms in total. The molecule has 0 amide bonds. The summed E-state index contributed by atoms with van der Waals surface area (Å²) in [6.45, 7) is 14.4. The molecule has 0 spiro atoms. The number of methoxy groups -OCH3 is 1. The van der Waals surface area contributed by atoms with Gasteiger partial charge in [-0.15, -0.1) is 11.3 Å². The third-order valence-corrected chi connectivity index (χ3v) is 9.19. The Bertz CT molecular complexity index is 1400. The fraction of sp³-hybridized carbons (Fsp3) is 0.394. The van der Waals surface area contributed by atoms with Crippen LogP contribution in [-0.2, 0) is 22.3 Å². The fourth-order valence-corrected chi connectivity index (χ4v) is 7.87. The van der Waals surface area contributed by atoms with Crippen molar-refractivity contribution in [2.45, 2.75) is 57.3 Å².